The SMILES string of the molecule is COCC(NC1CC2CCC1(C)C2(C)C)C(C)C. The van der Waals surface area contributed by atoms with E-state index in [0.717, 1.165) is 12.5 Å². The molecule has 2 fully saturated rings. The summed E-state index contributed by atoms with van der Waals surface area (Å²) >= 11 is 0. The van der Waals surface area contributed by atoms with Crippen LogP contribution in [0.5, 0.6) is 0 Å². The minimum absolute atomic E-state index is 0.471. The molecule has 0 spiro atoms. The second-order valence-corrected chi connectivity index (χ2v) is 7.64. The van der Waals surface area contributed by atoms with E-state index in [-0.39, 0.29) is 0 Å². The molecule has 2 bridgehead atoms. The van der Waals surface area contributed by atoms with E-state index in [4.69, 9.17) is 4.74 Å². The summed E-state index contributed by atoms with van der Waals surface area (Å²) in [6, 6.07) is 1.17. The van der Waals surface area contributed by atoms with Crippen molar-refractivity contribution in [2.45, 2.75) is 66.0 Å². The third-order valence-electron chi connectivity index (χ3n) is 6.36. The standard InChI is InChI=1S/C16H31NO/c1-11(2)13(10-18-6)17-14-9-12-7-8-16(14,5)15(12,3)4/h11-14,17H,7-10H2,1-6H3. The molecular formula is C16H31NO. The van der Waals surface area contributed by atoms with Gasteiger partial charge in [0.15, 0.2) is 0 Å². The van der Waals surface area contributed by atoms with Crippen molar-refractivity contribution in [2.75, 3.05) is 13.7 Å². The van der Waals surface area contributed by atoms with Crippen LogP contribution in [0.15, 0.2) is 0 Å². The number of ether oxygens (including phenoxy) is 1. The largest absolute Gasteiger partial charge is 0.383 e. The van der Waals surface area contributed by atoms with E-state index in [1.165, 1.54) is 19.3 Å². The minimum Gasteiger partial charge on any atom is -0.383 e. The number of fused-ring (bicyclic) bond motifs is 2. The van der Waals surface area contributed by atoms with Crippen molar-refractivity contribution in [3.05, 3.63) is 0 Å². The van der Waals surface area contributed by atoms with Gasteiger partial charge in [0, 0.05) is 19.2 Å². The summed E-state index contributed by atoms with van der Waals surface area (Å²) in [5, 5.41) is 3.92. The van der Waals surface area contributed by atoms with Crippen molar-refractivity contribution in [3.8, 4) is 0 Å². The predicted molar refractivity (Wildman–Crippen MR) is 76.7 cm³/mol. The number of nitrogens with one attached hydrogen (secondary N) is 1. The number of hydrogen-bond donors (Lipinski definition) is 1. The average molecular weight is 253 g/mol. The van der Waals surface area contributed by atoms with E-state index in [1.54, 1.807) is 0 Å². The molecule has 106 valence electrons. The third-order valence-corrected chi connectivity index (χ3v) is 6.36. The van der Waals surface area contributed by atoms with Crippen LogP contribution in [-0.4, -0.2) is 25.8 Å². The van der Waals surface area contributed by atoms with Crippen LogP contribution in [0.2, 0.25) is 0 Å². The minimum atomic E-state index is 0.471. The van der Waals surface area contributed by atoms with Gasteiger partial charge in [-0.3, -0.25) is 0 Å². The van der Waals surface area contributed by atoms with Gasteiger partial charge in [0.1, 0.15) is 0 Å². The summed E-state index contributed by atoms with van der Waals surface area (Å²) in [5.41, 5.74) is 0.970. The Kier molecular flexibility index (Phi) is 3.81. The number of rotatable bonds is 5. The summed E-state index contributed by atoms with van der Waals surface area (Å²) in [4.78, 5) is 0. The summed E-state index contributed by atoms with van der Waals surface area (Å²) in [7, 11) is 1.81. The highest BCUT2D eigenvalue weighted by Gasteiger charge is 2.61. The van der Waals surface area contributed by atoms with Gasteiger partial charge in [0.05, 0.1) is 6.61 Å². The molecule has 4 atom stereocenters. The molecule has 4 unspecified atom stereocenters. The Morgan fingerprint density at radius 3 is 2.33 bits per heavy atom. The maximum atomic E-state index is 5.38. The molecule has 1 N–H and O–H groups in total. The van der Waals surface area contributed by atoms with E-state index >= 15 is 0 Å². The molecule has 2 saturated carbocycles. The molecule has 2 aliphatic carbocycles. The maximum Gasteiger partial charge on any atom is 0.0618 e. The zero-order valence-corrected chi connectivity index (χ0v) is 13.0. The van der Waals surface area contributed by atoms with Gasteiger partial charge in [0.2, 0.25) is 0 Å². The van der Waals surface area contributed by atoms with Crippen LogP contribution in [0.3, 0.4) is 0 Å². The molecule has 2 nitrogen and oxygen atoms in total. The molecule has 2 aliphatic rings. The lowest BCUT2D eigenvalue weighted by atomic mass is 9.69. The first kappa shape index (κ1) is 14.3. The van der Waals surface area contributed by atoms with Gasteiger partial charge in [0.25, 0.3) is 0 Å². The molecule has 0 aromatic heterocycles. The van der Waals surface area contributed by atoms with Crippen LogP contribution in [0, 0.1) is 22.7 Å². The van der Waals surface area contributed by atoms with Gasteiger partial charge in [-0.25, -0.2) is 0 Å². The van der Waals surface area contributed by atoms with Crippen molar-refractivity contribution in [3.63, 3.8) is 0 Å². The van der Waals surface area contributed by atoms with Crippen LogP contribution < -0.4 is 5.32 Å². The van der Waals surface area contributed by atoms with Crippen LogP contribution in [-0.2, 0) is 4.74 Å². The highest BCUT2D eigenvalue weighted by Crippen LogP contribution is 2.65. The molecule has 0 aliphatic heterocycles. The molecule has 0 heterocycles. The van der Waals surface area contributed by atoms with Crippen LogP contribution >= 0.6 is 0 Å². The Balaban J connectivity index is 2.07. The first-order valence-corrected chi connectivity index (χ1v) is 7.58. The highest BCUT2D eigenvalue weighted by molar-refractivity contribution is 5.13. The lowest BCUT2D eigenvalue weighted by Crippen LogP contribution is -2.51. The van der Waals surface area contributed by atoms with Crippen molar-refractivity contribution >= 4 is 0 Å². The summed E-state index contributed by atoms with van der Waals surface area (Å²) in [5.74, 6) is 1.55. The number of methoxy groups -OCH3 is 1. The fraction of sp³-hybridized carbons (Fsp3) is 1.00. The Hall–Kier alpha value is -0.0800. The Labute approximate surface area is 113 Å². The van der Waals surface area contributed by atoms with E-state index in [0.29, 0.717) is 28.8 Å². The molecular weight excluding hydrogens is 222 g/mol. The van der Waals surface area contributed by atoms with E-state index in [9.17, 15) is 0 Å². The Morgan fingerprint density at radius 1 is 1.28 bits per heavy atom. The summed E-state index contributed by atoms with van der Waals surface area (Å²) < 4.78 is 5.38. The topological polar surface area (TPSA) is 21.3 Å². The smallest absolute Gasteiger partial charge is 0.0618 e. The second kappa shape index (κ2) is 4.79. The van der Waals surface area contributed by atoms with Gasteiger partial charge < -0.3 is 10.1 Å². The zero-order chi connectivity index (χ0) is 13.6. The van der Waals surface area contributed by atoms with Crippen molar-refractivity contribution in [2.24, 2.45) is 22.7 Å². The van der Waals surface area contributed by atoms with Gasteiger partial charge in [-0.2, -0.15) is 0 Å². The molecule has 0 aromatic rings. The molecule has 0 radical (unpaired) electrons. The second-order valence-electron chi connectivity index (χ2n) is 7.64. The lowest BCUT2D eigenvalue weighted by molar-refractivity contribution is 0.0876. The monoisotopic (exact) mass is 253 g/mol. The van der Waals surface area contributed by atoms with E-state index in [1.807, 2.05) is 7.11 Å². The quantitative estimate of drug-likeness (QED) is 0.810. The molecule has 0 aromatic carbocycles. The van der Waals surface area contributed by atoms with Crippen LogP contribution in [0.4, 0.5) is 0 Å². The molecule has 2 rings (SSSR count). The van der Waals surface area contributed by atoms with Gasteiger partial charge >= 0.3 is 0 Å². The van der Waals surface area contributed by atoms with Crippen molar-refractivity contribution in [1.29, 1.82) is 0 Å². The van der Waals surface area contributed by atoms with Gasteiger partial charge in [-0.15, -0.1) is 0 Å². The number of hydrogen-bond acceptors (Lipinski definition) is 2. The normalized spacial score (nSPS) is 39.5. The maximum absolute atomic E-state index is 5.38. The fourth-order valence-corrected chi connectivity index (χ4v) is 4.33. The first-order chi connectivity index (χ1) is 8.33. The van der Waals surface area contributed by atoms with Gasteiger partial charge in [-0.1, -0.05) is 34.6 Å². The summed E-state index contributed by atoms with van der Waals surface area (Å²) in [6.45, 7) is 12.9. The summed E-state index contributed by atoms with van der Waals surface area (Å²) in [6.07, 6.45) is 4.18. The average Bonchev–Trinajstić information content (AvgIpc) is 2.61. The van der Waals surface area contributed by atoms with E-state index in [2.05, 4.69) is 39.9 Å². The van der Waals surface area contributed by atoms with Gasteiger partial charge in [-0.05, 0) is 41.9 Å². The fourth-order valence-electron chi connectivity index (χ4n) is 4.33. The third kappa shape index (κ3) is 2.02. The Morgan fingerprint density at radius 2 is 1.94 bits per heavy atom. The molecule has 2 heteroatoms. The molecule has 18 heavy (non-hydrogen) atoms. The van der Waals surface area contributed by atoms with Crippen LogP contribution in [0.25, 0.3) is 0 Å². The predicted octanol–water partition coefficient (Wildman–Crippen LogP) is 3.46. The Bertz CT molecular complexity index is 299. The highest BCUT2D eigenvalue weighted by atomic mass is 16.5. The molecule has 0 amide bonds. The van der Waals surface area contributed by atoms with Crippen molar-refractivity contribution in [1.82, 2.24) is 5.32 Å². The molecule has 0 saturated heterocycles. The first-order valence-electron chi connectivity index (χ1n) is 7.58. The zero-order valence-electron chi connectivity index (χ0n) is 13.0. The van der Waals surface area contributed by atoms with Crippen LogP contribution in [0.1, 0.15) is 53.9 Å². The van der Waals surface area contributed by atoms with E-state index < -0.39 is 0 Å². The van der Waals surface area contributed by atoms with Crippen molar-refractivity contribution < 1.29 is 4.74 Å². The lowest BCUT2D eigenvalue weighted by Gasteiger charge is -2.41.